The molecular weight excluding hydrogens is 224 g/mol. The highest BCUT2D eigenvalue weighted by Crippen LogP contribution is 2.18. The number of carbonyl (C=O) groups is 1. The SMILES string of the molecule is CN1CCCC(CC(=O)NCc2ccccc2)C1. The van der Waals surface area contributed by atoms with Gasteiger partial charge in [0.2, 0.25) is 5.91 Å². The fourth-order valence-electron chi connectivity index (χ4n) is 2.57. The predicted molar refractivity (Wildman–Crippen MR) is 73.1 cm³/mol. The van der Waals surface area contributed by atoms with Crippen LogP contribution in [0, 0.1) is 5.92 Å². The van der Waals surface area contributed by atoms with Crippen molar-refractivity contribution in [1.29, 1.82) is 0 Å². The maximum atomic E-state index is 11.9. The summed E-state index contributed by atoms with van der Waals surface area (Å²) in [6.07, 6.45) is 3.06. The molecule has 1 saturated heterocycles. The first-order chi connectivity index (χ1) is 8.74. The van der Waals surface area contributed by atoms with Crippen LogP contribution in [0.2, 0.25) is 0 Å². The Bertz CT molecular complexity index is 377. The molecule has 3 nitrogen and oxygen atoms in total. The van der Waals surface area contributed by atoms with E-state index in [4.69, 9.17) is 0 Å². The van der Waals surface area contributed by atoms with Crippen molar-refractivity contribution < 1.29 is 4.79 Å². The van der Waals surface area contributed by atoms with Gasteiger partial charge in [0.05, 0.1) is 0 Å². The maximum Gasteiger partial charge on any atom is 0.220 e. The lowest BCUT2D eigenvalue weighted by molar-refractivity contribution is -0.122. The van der Waals surface area contributed by atoms with Crippen molar-refractivity contribution in [1.82, 2.24) is 10.2 Å². The van der Waals surface area contributed by atoms with Crippen LogP contribution < -0.4 is 5.32 Å². The van der Waals surface area contributed by atoms with E-state index < -0.39 is 0 Å². The Labute approximate surface area is 109 Å². The number of amides is 1. The van der Waals surface area contributed by atoms with Crippen molar-refractivity contribution in [2.75, 3.05) is 20.1 Å². The summed E-state index contributed by atoms with van der Waals surface area (Å²) < 4.78 is 0. The quantitative estimate of drug-likeness (QED) is 0.881. The molecule has 1 N–H and O–H groups in total. The molecule has 1 aliphatic heterocycles. The topological polar surface area (TPSA) is 32.3 Å². The second-order valence-corrected chi connectivity index (χ2v) is 5.24. The van der Waals surface area contributed by atoms with E-state index in [0.717, 1.165) is 12.1 Å². The smallest absolute Gasteiger partial charge is 0.220 e. The average molecular weight is 246 g/mol. The summed E-state index contributed by atoms with van der Waals surface area (Å²) >= 11 is 0. The van der Waals surface area contributed by atoms with Gasteiger partial charge in [0.1, 0.15) is 0 Å². The molecule has 0 aliphatic carbocycles. The van der Waals surface area contributed by atoms with E-state index in [1.165, 1.54) is 19.4 Å². The zero-order valence-corrected chi connectivity index (χ0v) is 11.1. The van der Waals surface area contributed by atoms with Gasteiger partial charge in [0.25, 0.3) is 0 Å². The molecule has 0 aromatic heterocycles. The van der Waals surface area contributed by atoms with Gasteiger partial charge >= 0.3 is 0 Å². The number of nitrogens with one attached hydrogen (secondary N) is 1. The highest BCUT2D eigenvalue weighted by atomic mass is 16.1. The summed E-state index contributed by atoms with van der Waals surface area (Å²) in [4.78, 5) is 14.2. The molecule has 1 atom stereocenters. The molecule has 1 heterocycles. The van der Waals surface area contributed by atoms with Crippen LogP contribution in [0.5, 0.6) is 0 Å². The molecule has 1 aromatic carbocycles. The number of hydrogen-bond acceptors (Lipinski definition) is 2. The summed E-state index contributed by atoms with van der Waals surface area (Å²) in [7, 11) is 2.13. The Balaban J connectivity index is 1.72. The van der Waals surface area contributed by atoms with Crippen molar-refractivity contribution in [2.24, 2.45) is 5.92 Å². The minimum Gasteiger partial charge on any atom is -0.352 e. The molecule has 0 saturated carbocycles. The van der Waals surface area contributed by atoms with Crippen LogP contribution in [-0.2, 0) is 11.3 Å². The second kappa shape index (κ2) is 6.55. The minimum absolute atomic E-state index is 0.180. The van der Waals surface area contributed by atoms with E-state index in [1.54, 1.807) is 0 Å². The van der Waals surface area contributed by atoms with Gasteiger partial charge in [0.15, 0.2) is 0 Å². The number of benzene rings is 1. The molecule has 18 heavy (non-hydrogen) atoms. The summed E-state index contributed by atoms with van der Waals surface area (Å²) in [5, 5.41) is 3.00. The van der Waals surface area contributed by atoms with Gasteiger partial charge < -0.3 is 10.2 Å². The normalized spacial score (nSPS) is 20.6. The van der Waals surface area contributed by atoms with Crippen LogP contribution >= 0.6 is 0 Å². The average Bonchev–Trinajstić information content (AvgIpc) is 2.38. The van der Waals surface area contributed by atoms with Gasteiger partial charge in [-0.1, -0.05) is 30.3 Å². The Morgan fingerprint density at radius 2 is 2.17 bits per heavy atom. The summed E-state index contributed by atoms with van der Waals surface area (Å²) in [5.41, 5.74) is 1.16. The Hall–Kier alpha value is -1.35. The number of likely N-dealkylation sites (tertiary alicyclic amines) is 1. The highest BCUT2D eigenvalue weighted by molar-refractivity contribution is 5.76. The lowest BCUT2D eigenvalue weighted by atomic mass is 9.95. The third kappa shape index (κ3) is 4.15. The summed E-state index contributed by atoms with van der Waals surface area (Å²) in [6.45, 7) is 2.86. The number of carbonyl (C=O) groups excluding carboxylic acids is 1. The molecule has 1 aromatic rings. The van der Waals surface area contributed by atoms with Crippen LogP contribution in [0.25, 0.3) is 0 Å². The van der Waals surface area contributed by atoms with E-state index in [9.17, 15) is 4.79 Å². The summed E-state index contributed by atoms with van der Waals surface area (Å²) in [6, 6.07) is 10.1. The van der Waals surface area contributed by atoms with Crippen molar-refractivity contribution >= 4 is 5.91 Å². The van der Waals surface area contributed by atoms with Gasteiger partial charge in [-0.05, 0) is 37.9 Å². The van der Waals surface area contributed by atoms with E-state index in [0.29, 0.717) is 18.9 Å². The number of rotatable bonds is 4. The lowest BCUT2D eigenvalue weighted by Gasteiger charge is -2.29. The first-order valence-electron chi connectivity index (χ1n) is 6.73. The minimum atomic E-state index is 0.180. The number of piperidine rings is 1. The molecule has 1 aliphatic rings. The fraction of sp³-hybridized carbons (Fsp3) is 0.533. The fourth-order valence-corrected chi connectivity index (χ4v) is 2.57. The molecule has 1 amide bonds. The molecule has 3 heteroatoms. The predicted octanol–water partition coefficient (Wildman–Crippen LogP) is 2.03. The number of nitrogens with zero attached hydrogens (tertiary/aromatic N) is 1. The molecule has 1 fully saturated rings. The highest BCUT2D eigenvalue weighted by Gasteiger charge is 2.19. The van der Waals surface area contributed by atoms with Gasteiger partial charge in [-0.3, -0.25) is 4.79 Å². The maximum absolute atomic E-state index is 11.9. The molecule has 0 bridgehead atoms. The third-order valence-corrected chi connectivity index (χ3v) is 3.53. The van der Waals surface area contributed by atoms with Gasteiger partial charge in [-0.2, -0.15) is 0 Å². The van der Waals surface area contributed by atoms with E-state index >= 15 is 0 Å². The molecule has 0 spiro atoms. The van der Waals surface area contributed by atoms with Gasteiger partial charge in [-0.15, -0.1) is 0 Å². The first kappa shape index (κ1) is 13.1. The Morgan fingerprint density at radius 3 is 2.89 bits per heavy atom. The molecular formula is C15H22N2O. The van der Waals surface area contributed by atoms with Crippen LogP contribution in [0.4, 0.5) is 0 Å². The lowest BCUT2D eigenvalue weighted by Crippen LogP contribution is -2.35. The van der Waals surface area contributed by atoms with Crippen LogP contribution in [0.1, 0.15) is 24.8 Å². The molecule has 98 valence electrons. The zero-order valence-electron chi connectivity index (χ0n) is 11.1. The van der Waals surface area contributed by atoms with E-state index in [1.807, 2.05) is 30.3 Å². The van der Waals surface area contributed by atoms with Gasteiger partial charge in [0, 0.05) is 19.5 Å². The van der Waals surface area contributed by atoms with Gasteiger partial charge in [-0.25, -0.2) is 0 Å². The van der Waals surface area contributed by atoms with Crippen molar-refractivity contribution in [2.45, 2.75) is 25.8 Å². The van der Waals surface area contributed by atoms with Crippen LogP contribution in [-0.4, -0.2) is 30.9 Å². The second-order valence-electron chi connectivity index (χ2n) is 5.24. The Morgan fingerprint density at radius 1 is 1.39 bits per heavy atom. The third-order valence-electron chi connectivity index (χ3n) is 3.53. The Kier molecular flexibility index (Phi) is 4.76. The van der Waals surface area contributed by atoms with E-state index in [2.05, 4.69) is 17.3 Å². The molecule has 2 rings (SSSR count). The van der Waals surface area contributed by atoms with Crippen molar-refractivity contribution in [3.63, 3.8) is 0 Å². The zero-order chi connectivity index (χ0) is 12.8. The molecule has 0 radical (unpaired) electrons. The van der Waals surface area contributed by atoms with Crippen molar-refractivity contribution in [3.05, 3.63) is 35.9 Å². The largest absolute Gasteiger partial charge is 0.352 e. The van der Waals surface area contributed by atoms with Crippen LogP contribution in [0.15, 0.2) is 30.3 Å². The number of hydrogen-bond donors (Lipinski definition) is 1. The first-order valence-corrected chi connectivity index (χ1v) is 6.73. The monoisotopic (exact) mass is 246 g/mol. The standard InChI is InChI=1S/C15H22N2O/c1-17-9-5-8-14(12-17)10-15(18)16-11-13-6-3-2-4-7-13/h2-4,6-7,14H,5,8-12H2,1H3,(H,16,18). The van der Waals surface area contributed by atoms with Crippen molar-refractivity contribution in [3.8, 4) is 0 Å². The van der Waals surface area contributed by atoms with E-state index in [-0.39, 0.29) is 5.91 Å². The molecule has 1 unspecified atom stereocenters. The summed E-state index contributed by atoms with van der Waals surface area (Å²) in [5.74, 6) is 0.707. The van der Waals surface area contributed by atoms with Crippen LogP contribution in [0.3, 0.4) is 0 Å².